The predicted molar refractivity (Wildman–Crippen MR) is 202 cm³/mol. The monoisotopic (exact) mass is 1040 g/mol. The molecule has 4 aromatic carbocycles. The minimum absolute atomic E-state index is 0.00244. The van der Waals surface area contributed by atoms with Gasteiger partial charge in [-0.05, 0) is 24.3 Å². The van der Waals surface area contributed by atoms with Gasteiger partial charge in [0.15, 0.2) is 104 Å². The van der Waals surface area contributed by atoms with Crippen molar-refractivity contribution >= 4 is 39.8 Å². The Labute approximate surface area is 380 Å². The Kier molecular flexibility index (Phi) is 11.2. The Morgan fingerprint density at radius 1 is 0.375 bits per heavy atom. The molecule has 9 nitrogen and oxygen atoms in total. The van der Waals surface area contributed by atoms with Crippen molar-refractivity contribution in [3.8, 4) is 50.4 Å². The number of benzene rings is 4. The van der Waals surface area contributed by atoms with E-state index in [-0.39, 0.29) is 6.08 Å². The van der Waals surface area contributed by atoms with E-state index < -0.39 is 222 Å². The summed E-state index contributed by atoms with van der Waals surface area (Å²) in [6.07, 6.45) is -0.00244. The molecule has 368 valence electrons. The van der Waals surface area contributed by atoms with Crippen LogP contribution in [0.2, 0.25) is 0 Å². The van der Waals surface area contributed by atoms with Crippen LogP contribution >= 0.6 is 0 Å². The van der Waals surface area contributed by atoms with Gasteiger partial charge in [0.05, 0.1) is 44.0 Å². The third-order valence-corrected chi connectivity index (χ3v) is 10.8. The fourth-order valence-corrected chi connectivity index (χ4v) is 7.62. The van der Waals surface area contributed by atoms with E-state index >= 15 is 52.7 Å². The molecule has 9 rings (SSSR count). The third kappa shape index (κ3) is 6.76. The molecule has 2 aliphatic rings. The number of rotatable bonds is 5. The summed E-state index contributed by atoms with van der Waals surface area (Å²) in [5, 5.41) is 12.8. The van der Waals surface area contributed by atoms with Gasteiger partial charge in [0, 0.05) is 39.3 Å². The standard InChI is InChI=1S/C43H7F20N5O4/c44-20-16(21(45)29(53)36(60)28(20)52)12-6-1-2-8(64-6)14(18-24(48)32(56)38(62)33(57)25(18)49)41-43(69)72-42(67-41)15(19-26(50)34(58)39(63)35(59)27(19)51)9-4-3-7(65-9)13(40-11(68(70)71)5-10(12)66-40)17-22(46)30(54)37(61)31(55)23(17)47/h1-5,64-65H. The van der Waals surface area contributed by atoms with E-state index in [0.717, 1.165) is 0 Å². The van der Waals surface area contributed by atoms with Crippen LogP contribution in [0.25, 0.3) is 78.3 Å². The van der Waals surface area contributed by atoms with Crippen LogP contribution in [0, 0.1) is 126 Å². The van der Waals surface area contributed by atoms with Crippen LogP contribution in [0.1, 0.15) is 21.9 Å². The van der Waals surface area contributed by atoms with Crippen molar-refractivity contribution in [3.05, 3.63) is 168 Å². The van der Waals surface area contributed by atoms with Crippen LogP contribution < -0.4 is 4.74 Å². The number of nitro groups is 1. The Balaban J connectivity index is 1.66. The molecule has 0 fully saturated rings. The predicted octanol–water partition coefficient (Wildman–Crippen LogP) is 12.8. The highest BCUT2D eigenvalue weighted by Gasteiger charge is 2.40. The topological polar surface area (TPSA) is 127 Å². The summed E-state index contributed by atoms with van der Waals surface area (Å²) in [7, 11) is 0. The van der Waals surface area contributed by atoms with Crippen LogP contribution in [0.4, 0.5) is 87.8 Å². The van der Waals surface area contributed by atoms with Crippen molar-refractivity contribution in [1.82, 2.24) is 19.9 Å². The normalized spacial score (nSPS) is 12.5. The summed E-state index contributed by atoms with van der Waals surface area (Å²) in [5.74, 6) is -60.9. The zero-order valence-electron chi connectivity index (χ0n) is 33.4. The molecule has 0 aliphatic carbocycles. The van der Waals surface area contributed by atoms with Gasteiger partial charge in [0.2, 0.25) is 29.1 Å². The van der Waals surface area contributed by atoms with Gasteiger partial charge in [-0.3, -0.25) is 10.1 Å². The van der Waals surface area contributed by atoms with E-state index in [1.165, 1.54) is 0 Å². The number of nitrogens with one attached hydrogen (secondary N) is 2. The zero-order chi connectivity index (χ0) is 52.6. The van der Waals surface area contributed by atoms with Crippen molar-refractivity contribution in [2.75, 3.05) is 0 Å². The maximum absolute atomic E-state index is 15.9. The Hall–Kier alpha value is -8.79. The van der Waals surface area contributed by atoms with Gasteiger partial charge in [0.25, 0.3) is 5.70 Å². The Bertz CT molecular complexity index is 3810. The minimum atomic E-state index is -2.90. The van der Waals surface area contributed by atoms with Crippen molar-refractivity contribution in [2.24, 2.45) is 0 Å². The quantitative estimate of drug-likeness (QED) is 0.0441. The van der Waals surface area contributed by atoms with Gasteiger partial charge in [0.1, 0.15) is 0 Å². The van der Waals surface area contributed by atoms with Crippen molar-refractivity contribution in [1.29, 1.82) is 0 Å². The van der Waals surface area contributed by atoms with Crippen LogP contribution in [-0.4, -0.2) is 30.8 Å². The maximum Gasteiger partial charge on any atom is 0.364 e. The molecule has 0 spiro atoms. The van der Waals surface area contributed by atoms with Crippen LogP contribution in [-0.2, 0) is 0 Å². The molecule has 7 aromatic rings. The molecule has 5 heterocycles. The van der Waals surface area contributed by atoms with Crippen molar-refractivity contribution in [3.63, 3.8) is 0 Å². The summed E-state index contributed by atoms with van der Waals surface area (Å²) in [5.41, 5.74) is -27.9. The van der Waals surface area contributed by atoms with Crippen molar-refractivity contribution < 1.29 is 102 Å². The molecule has 29 heteroatoms. The second kappa shape index (κ2) is 16.7. The van der Waals surface area contributed by atoms with E-state index in [9.17, 15) is 50.0 Å². The summed E-state index contributed by atoms with van der Waals surface area (Å²) in [4.78, 5) is 36.0. The van der Waals surface area contributed by atoms with E-state index in [1.807, 2.05) is 9.97 Å². The molecule has 0 radical (unpaired) electrons. The number of hydrogen-bond donors (Lipinski definition) is 2. The van der Waals surface area contributed by atoms with Crippen LogP contribution in [0.5, 0.6) is 5.88 Å². The number of aromatic nitrogens is 4. The number of fused-ring (bicyclic) bond motifs is 8. The first-order valence-corrected chi connectivity index (χ1v) is 18.8. The lowest BCUT2D eigenvalue weighted by molar-refractivity contribution is -0.374. The third-order valence-electron chi connectivity index (χ3n) is 10.8. The first-order valence-electron chi connectivity index (χ1n) is 18.8. The van der Waals surface area contributed by atoms with Gasteiger partial charge >= 0.3 is 5.97 Å². The molecule has 3 aromatic heterocycles. The first kappa shape index (κ1) is 48.2. The average molecular weight is 1040 g/mol. The Morgan fingerprint density at radius 2 is 0.653 bits per heavy atom. The number of hydrogen-bond acceptors (Lipinski definition) is 6. The molecule has 72 heavy (non-hydrogen) atoms. The molecule has 0 saturated heterocycles. The lowest BCUT2D eigenvalue weighted by atomic mass is 10.00. The largest absolute Gasteiger partial charge is 0.402 e. The molecule has 0 amide bonds. The molecule has 0 saturated carbocycles. The maximum atomic E-state index is 15.9. The van der Waals surface area contributed by atoms with Gasteiger partial charge in [-0.25, -0.2) is 103 Å². The highest BCUT2D eigenvalue weighted by atomic mass is 19.2. The average Bonchev–Trinajstić information content (AvgIpc) is 4.19. The number of carbonyl (C=O) groups excluding carboxylic acids is 1. The van der Waals surface area contributed by atoms with Crippen molar-refractivity contribution in [2.45, 2.75) is 0 Å². The van der Waals surface area contributed by atoms with Gasteiger partial charge in [-0.15, -0.1) is 0 Å². The molecule has 0 atom stereocenters. The lowest BCUT2D eigenvalue weighted by Crippen LogP contribution is -2.09. The smallest absolute Gasteiger partial charge is 0.364 e. The highest BCUT2D eigenvalue weighted by Crippen LogP contribution is 2.46. The summed E-state index contributed by atoms with van der Waals surface area (Å²) < 4.78 is 309. The number of aromatic amines is 2. The fraction of sp³-hybridized carbons (Fsp3) is 0. The van der Waals surface area contributed by atoms with Crippen LogP contribution in [0.3, 0.4) is 0 Å². The first-order chi connectivity index (χ1) is 33.8. The Morgan fingerprint density at radius 3 is 1.00 bits per heavy atom. The molecule has 0 unspecified atom stereocenters. The molecular formula is C43H7F20N5O4. The second-order valence-corrected chi connectivity index (χ2v) is 14.6. The SMILES string of the molecule is O=C1Oc2nc1c(-c1c(F)c(F)c(F)c(F)c1F)c1ccc([nH]1)c(-c1c(F)c(F)c(F)c(F)c1F)c1nc(c(-c3c(F)c(F)c(F)c(F)c3F)c3ccc([nH]3)c2-c2c(F)c(F)c(F)c(F)c2F)C([N+](=O)[O-])=C1. The van der Waals surface area contributed by atoms with E-state index in [0.29, 0.717) is 24.3 Å². The number of carbonyl (C=O) groups is 1. The van der Waals surface area contributed by atoms with E-state index in [4.69, 9.17) is 4.74 Å². The minimum Gasteiger partial charge on any atom is -0.402 e. The van der Waals surface area contributed by atoms with Gasteiger partial charge in [-0.2, -0.15) is 0 Å². The zero-order valence-corrected chi connectivity index (χ0v) is 33.4. The van der Waals surface area contributed by atoms with Gasteiger partial charge < -0.3 is 14.7 Å². The van der Waals surface area contributed by atoms with E-state index in [1.54, 1.807) is 0 Å². The van der Waals surface area contributed by atoms with Gasteiger partial charge in [-0.1, -0.05) is 0 Å². The number of H-pyrrole nitrogens is 2. The fourth-order valence-electron chi connectivity index (χ4n) is 7.62. The molecule has 2 aliphatic heterocycles. The van der Waals surface area contributed by atoms with Crippen LogP contribution in [0.15, 0.2) is 24.3 Å². The molecule has 8 bridgehead atoms. The highest BCUT2D eigenvalue weighted by molar-refractivity contribution is 6.05. The molecule has 2 N–H and O–H groups in total. The second-order valence-electron chi connectivity index (χ2n) is 14.6. The number of esters is 1. The number of ether oxygens (including phenoxy) is 1. The lowest BCUT2D eigenvalue weighted by Gasteiger charge is -2.11. The number of halogens is 20. The summed E-state index contributed by atoms with van der Waals surface area (Å²) >= 11 is 0. The number of nitrogens with zero attached hydrogens (tertiary/aromatic N) is 3. The molecular weight excluding hydrogens is 1030 g/mol. The summed E-state index contributed by atoms with van der Waals surface area (Å²) in [6, 6.07) is 1.35. The van der Waals surface area contributed by atoms with E-state index in [2.05, 4.69) is 9.97 Å². The summed E-state index contributed by atoms with van der Waals surface area (Å²) in [6.45, 7) is 0.